The van der Waals surface area contributed by atoms with Crippen LogP contribution in [0.5, 0.6) is 0 Å². The van der Waals surface area contributed by atoms with Gasteiger partial charge in [-0.2, -0.15) is 0 Å². The number of hydrogen-bond acceptors (Lipinski definition) is 6. The van der Waals surface area contributed by atoms with Crippen LogP contribution in [0.15, 0.2) is 47.7 Å². The monoisotopic (exact) mass is 398 g/mol. The van der Waals surface area contributed by atoms with Gasteiger partial charge >= 0.3 is 0 Å². The van der Waals surface area contributed by atoms with Gasteiger partial charge in [0, 0.05) is 51.8 Å². The highest BCUT2D eigenvalue weighted by Gasteiger charge is 2.38. The zero-order chi connectivity index (χ0) is 20.2. The van der Waals surface area contributed by atoms with E-state index in [0.717, 1.165) is 18.7 Å². The predicted molar refractivity (Wildman–Crippen MR) is 107 cm³/mol. The smallest absolute Gasteiger partial charge is 0.263 e. The van der Waals surface area contributed by atoms with Crippen molar-refractivity contribution in [2.24, 2.45) is 7.05 Å². The molecule has 8 nitrogen and oxygen atoms in total. The SMILES string of the molecule is Cn1cccc(C(=O)N2CCO[C@@H](CN3CCOCC3)[C@@H]2c2cccnc2)c1=O. The van der Waals surface area contributed by atoms with Gasteiger partial charge in [-0.15, -0.1) is 0 Å². The molecule has 4 heterocycles. The molecule has 1 amide bonds. The van der Waals surface area contributed by atoms with Crippen molar-refractivity contribution in [2.75, 3.05) is 46.0 Å². The molecular formula is C21H26N4O4. The fourth-order valence-electron chi connectivity index (χ4n) is 4.01. The van der Waals surface area contributed by atoms with E-state index in [4.69, 9.17) is 9.47 Å². The average Bonchev–Trinajstić information content (AvgIpc) is 2.76. The lowest BCUT2D eigenvalue weighted by Gasteiger charge is -2.43. The largest absolute Gasteiger partial charge is 0.379 e. The average molecular weight is 398 g/mol. The first kappa shape index (κ1) is 19.8. The molecule has 2 aliphatic rings. The number of pyridine rings is 2. The zero-order valence-corrected chi connectivity index (χ0v) is 16.6. The molecule has 8 heteroatoms. The quantitative estimate of drug-likeness (QED) is 0.755. The summed E-state index contributed by atoms with van der Waals surface area (Å²) in [7, 11) is 1.65. The maximum atomic E-state index is 13.4. The van der Waals surface area contributed by atoms with Crippen LogP contribution in [0.1, 0.15) is 22.0 Å². The Labute approximate surface area is 169 Å². The van der Waals surface area contributed by atoms with Gasteiger partial charge in [-0.3, -0.25) is 19.5 Å². The molecule has 2 aliphatic heterocycles. The van der Waals surface area contributed by atoms with E-state index in [1.807, 2.05) is 12.1 Å². The van der Waals surface area contributed by atoms with E-state index in [1.54, 1.807) is 42.7 Å². The molecule has 29 heavy (non-hydrogen) atoms. The van der Waals surface area contributed by atoms with E-state index in [0.29, 0.717) is 32.9 Å². The van der Waals surface area contributed by atoms with Gasteiger partial charge in [-0.05, 0) is 23.8 Å². The molecule has 2 atom stereocenters. The molecule has 2 saturated heterocycles. The van der Waals surface area contributed by atoms with Crippen molar-refractivity contribution in [1.29, 1.82) is 0 Å². The van der Waals surface area contributed by atoms with Gasteiger partial charge in [0.05, 0.1) is 32.0 Å². The Morgan fingerprint density at radius 2 is 2.00 bits per heavy atom. The first-order chi connectivity index (χ1) is 14.1. The number of carbonyl (C=O) groups is 1. The Morgan fingerprint density at radius 1 is 1.17 bits per heavy atom. The summed E-state index contributed by atoms with van der Waals surface area (Å²) in [5.74, 6) is -0.268. The Hall–Kier alpha value is -2.55. The standard InChI is InChI=1S/C21H26N4O4/c1-23-7-3-5-17(20(23)26)21(27)25-10-13-29-18(15-24-8-11-28-12-9-24)19(25)16-4-2-6-22-14-16/h2-7,14,18-19H,8-13,15H2,1H3/t18-,19-/m0/s1. The van der Waals surface area contributed by atoms with E-state index in [-0.39, 0.29) is 29.2 Å². The second-order valence-corrected chi connectivity index (χ2v) is 7.39. The highest BCUT2D eigenvalue weighted by atomic mass is 16.5. The minimum absolute atomic E-state index is 0.177. The Balaban J connectivity index is 1.66. The van der Waals surface area contributed by atoms with Crippen LogP contribution in [0.3, 0.4) is 0 Å². The number of morpholine rings is 2. The first-order valence-electron chi connectivity index (χ1n) is 9.93. The summed E-state index contributed by atoms with van der Waals surface area (Å²) in [6, 6.07) is 6.83. The topological polar surface area (TPSA) is 76.9 Å². The summed E-state index contributed by atoms with van der Waals surface area (Å²) in [5, 5.41) is 0. The fraction of sp³-hybridized carbons (Fsp3) is 0.476. The summed E-state index contributed by atoms with van der Waals surface area (Å²) in [4.78, 5) is 34.3. The second-order valence-electron chi connectivity index (χ2n) is 7.39. The van der Waals surface area contributed by atoms with Crippen LogP contribution in [-0.4, -0.2) is 77.4 Å². The Morgan fingerprint density at radius 3 is 2.76 bits per heavy atom. The lowest BCUT2D eigenvalue weighted by Crippen LogP contribution is -2.53. The van der Waals surface area contributed by atoms with Crippen LogP contribution >= 0.6 is 0 Å². The minimum Gasteiger partial charge on any atom is -0.379 e. The molecule has 0 unspecified atom stereocenters. The van der Waals surface area contributed by atoms with Gasteiger partial charge in [0.1, 0.15) is 5.56 Å². The second kappa shape index (κ2) is 8.86. The van der Waals surface area contributed by atoms with Gasteiger partial charge in [-0.1, -0.05) is 6.07 Å². The molecule has 0 saturated carbocycles. The number of hydrogen-bond donors (Lipinski definition) is 0. The number of carbonyl (C=O) groups excluding carboxylic acids is 1. The third kappa shape index (κ3) is 4.24. The van der Waals surface area contributed by atoms with Gasteiger partial charge in [0.2, 0.25) is 0 Å². The maximum Gasteiger partial charge on any atom is 0.263 e. The number of amides is 1. The highest BCUT2D eigenvalue weighted by molar-refractivity contribution is 5.94. The number of rotatable bonds is 4. The van der Waals surface area contributed by atoms with Gasteiger partial charge < -0.3 is 18.9 Å². The molecular weight excluding hydrogens is 372 g/mol. The van der Waals surface area contributed by atoms with Crippen molar-refractivity contribution in [3.63, 3.8) is 0 Å². The molecule has 0 aliphatic carbocycles. The normalized spacial score (nSPS) is 23.1. The number of aryl methyl sites for hydroxylation is 1. The summed E-state index contributed by atoms with van der Waals surface area (Å²) in [6.07, 6.45) is 4.93. The zero-order valence-electron chi connectivity index (χ0n) is 16.6. The minimum atomic E-state index is -0.308. The molecule has 0 N–H and O–H groups in total. The molecule has 2 aromatic rings. The van der Waals surface area contributed by atoms with E-state index in [9.17, 15) is 9.59 Å². The predicted octanol–water partition coefficient (Wildman–Crippen LogP) is 0.695. The van der Waals surface area contributed by atoms with Gasteiger partial charge in [-0.25, -0.2) is 0 Å². The summed E-state index contributed by atoms with van der Waals surface area (Å²) < 4.78 is 13.0. The summed E-state index contributed by atoms with van der Waals surface area (Å²) in [6.45, 7) is 4.64. The number of nitrogens with zero attached hydrogens (tertiary/aromatic N) is 4. The molecule has 2 fully saturated rings. The van der Waals surface area contributed by atoms with E-state index < -0.39 is 0 Å². The fourth-order valence-corrected chi connectivity index (χ4v) is 4.01. The molecule has 154 valence electrons. The van der Waals surface area contributed by atoms with E-state index >= 15 is 0 Å². The third-order valence-electron chi connectivity index (χ3n) is 5.53. The summed E-state index contributed by atoms with van der Waals surface area (Å²) >= 11 is 0. The first-order valence-corrected chi connectivity index (χ1v) is 9.93. The Kier molecular flexibility index (Phi) is 6.03. The molecule has 0 bridgehead atoms. The third-order valence-corrected chi connectivity index (χ3v) is 5.53. The molecule has 0 spiro atoms. The van der Waals surface area contributed by atoms with Crippen molar-refractivity contribution in [2.45, 2.75) is 12.1 Å². The van der Waals surface area contributed by atoms with Crippen LogP contribution in [0.2, 0.25) is 0 Å². The van der Waals surface area contributed by atoms with Gasteiger partial charge in [0.25, 0.3) is 11.5 Å². The lowest BCUT2D eigenvalue weighted by molar-refractivity contribution is -0.0820. The van der Waals surface area contributed by atoms with Crippen molar-refractivity contribution < 1.29 is 14.3 Å². The highest BCUT2D eigenvalue weighted by Crippen LogP contribution is 2.31. The number of ether oxygens (including phenoxy) is 2. The van der Waals surface area contributed by atoms with Gasteiger partial charge in [0.15, 0.2) is 0 Å². The van der Waals surface area contributed by atoms with Crippen LogP contribution in [0, 0.1) is 0 Å². The van der Waals surface area contributed by atoms with Crippen LogP contribution < -0.4 is 5.56 Å². The van der Waals surface area contributed by atoms with Crippen LogP contribution in [-0.2, 0) is 16.5 Å². The van der Waals surface area contributed by atoms with Crippen molar-refractivity contribution in [3.8, 4) is 0 Å². The maximum absolute atomic E-state index is 13.4. The molecule has 4 rings (SSSR count). The van der Waals surface area contributed by atoms with Crippen molar-refractivity contribution in [1.82, 2.24) is 19.4 Å². The number of aromatic nitrogens is 2. The van der Waals surface area contributed by atoms with Crippen LogP contribution in [0.25, 0.3) is 0 Å². The van der Waals surface area contributed by atoms with Crippen LogP contribution in [0.4, 0.5) is 0 Å². The van der Waals surface area contributed by atoms with Crippen molar-refractivity contribution >= 4 is 5.91 Å². The lowest BCUT2D eigenvalue weighted by atomic mass is 9.97. The van der Waals surface area contributed by atoms with E-state index in [2.05, 4.69) is 9.88 Å². The molecule has 0 aromatic carbocycles. The van der Waals surface area contributed by atoms with Crippen molar-refractivity contribution in [3.05, 3.63) is 64.3 Å². The summed E-state index contributed by atoms with van der Waals surface area (Å²) in [5.41, 5.74) is 0.793. The Bertz CT molecular complexity index is 895. The molecule has 0 radical (unpaired) electrons. The molecule has 2 aromatic heterocycles. The van der Waals surface area contributed by atoms with E-state index in [1.165, 1.54) is 4.57 Å².